The molecule has 142 valence electrons. The molecule has 2 aromatic heterocycles. The Balaban J connectivity index is 1.47. The highest BCUT2D eigenvalue weighted by Crippen LogP contribution is 2.33. The van der Waals surface area contributed by atoms with E-state index in [-0.39, 0.29) is 11.8 Å². The molecule has 1 amide bonds. The molecule has 0 N–H and O–H groups in total. The number of pyridine rings is 1. The Labute approximate surface area is 163 Å². The maximum absolute atomic E-state index is 13.1. The van der Waals surface area contributed by atoms with Crippen LogP contribution in [0.4, 0.5) is 5.82 Å². The summed E-state index contributed by atoms with van der Waals surface area (Å²) in [5.74, 6) is 1.02. The number of aromatic nitrogens is 3. The van der Waals surface area contributed by atoms with Crippen LogP contribution < -0.4 is 4.90 Å². The number of hydrogen-bond acceptors (Lipinski definition) is 6. The molecule has 2 aliphatic rings. The lowest BCUT2D eigenvalue weighted by Crippen LogP contribution is -2.34. The molecule has 0 bridgehead atoms. The van der Waals surface area contributed by atoms with Crippen LogP contribution in [0.15, 0.2) is 18.6 Å². The third-order valence-corrected chi connectivity index (χ3v) is 5.87. The Kier molecular flexibility index (Phi) is 4.97. The highest BCUT2D eigenvalue weighted by Gasteiger charge is 2.35. The summed E-state index contributed by atoms with van der Waals surface area (Å²) in [5.41, 5.74) is 3.74. The molecule has 1 fully saturated rings. The molecule has 0 radical (unpaired) electrons. The fourth-order valence-corrected chi connectivity index (χ4v) is 4.11. The zero-order valence-corrected chi connectivity index (χ0v) is 16.2. The summed E-state index contributed by atoms with van der Waals surface area (Å²) in [6.07, 6.45) is 4.10. The predicted octanol–water partition coefficient (Wildman–Crippen LogP) is 2.35. The third kappa shape index (κ3) is 3.37. The molecule has 1 atom stereocenters. The van der Waals surface area contributed by atoms with E-state index in [1.807, 2.05) is 17.9 Å². The summed E-state index contributed by atoms with van der Waals surface area (Å²) in [6.45, 7) is 4.98. The molecular formula is C19H22ClN5O2. The van der Waals surface area contributed by atoms with Crippen molar-refractivity contribution in [2.45, 2.75) is 33.0 Å². The molecule has 27 heavy (non-hydrogen) atoms. The molecule has 0 aromatic carbocycles. The Morgan fingerprint density at radius 1 is 1.41 bits per heavy atom. The van der Waals surface area contributed by atoms with Crippen molar-refractivity contribution in [1.82, 2.24) is 19.9 Å². The first-order valence-electron chi connectivity index (χ1n) is 9.04. The number of ether oxygens (including phenoxy) is 1. The van der Waals surface area contributed by atoms with Gasteiger partial charge in [-0.25, -0.2) is 9.97 Å². The minimum absolute atomic E-state index is 0.0245. The SMILES string of the molecule is COCc1nc2c(c(C)c1Cl)CN(C(=O)C1CCN(c3ccncn3)C1)C2. The van der Waals surface area contributed by atoms with E-state index in [0.717, 1.165) is 41.3 Å². The van der Waals surface area contributed by atoms with Crippen molar-refractivity contribution < 1.29 is 9.53 Å². The number of halogens is 1. The highest BCUT2D eigenvalue weighted by molar-refractivity contribution is 6.32. The van der Waals surface area contributed by atoms with Crippen LogP contribution in [0.5, 0.6) is 0 Å². The van der Waals surface area contributed by atoms with E-state index in [0.29, 0.717) is 31.3 Å². The molecule has 1 saturated heterocycles. The Morgan fingerprint density at radius 2 is 2.26 bits per heavy atom. The quantitative estimate of drug-likeness (QED) is 0.801. The maximum atomic E-state index is 13.1. The summed E-state index contributed by atoms with van der Waals surface area (Å²) >= 11 is 6.43. The molecule has 4 rings (SSSR count). The normalized spacial score (nSPS) is 18.9. The third-order valence-electron chi connectivity index (χ3n) is 5.36. The van der Waals surface area contributed by atoms with Crippen molar-refractivity contribution in [2.24, 2.45) is 5.92 Å². The minimum atomic E-state index is -0.0245. The molecule has 7 nitrogen and oxygen atoms in total. The number of hydrogen-bond donors (Lipinski definition) is 0. The first-order chi connectivity index (χ1) is 13.1. The van der Waals surface area contributed by atoms with Gasteiger partial charge in [0.25, 0.3) is 0 Å². The number of nitrogens with zero attached hydrogens (tertiary/aromatic N) is 5. The summed E-state index contributed by atoms with van der Waals surface area (Å²) in [6, 6.07) is 1.88. The second kappa shape index (κ2) is 7.40. The second-order valence-electron chi connectivity index (χ2n) is 7.05. The van der Waals surface area contributed by atoms with E-state index in [1.165, 1.54) is 6.33 Å². The van der Waals surface area contributed by atoms with Crippen LogP contribution in [0.1, 0.15) is 28.9 Å². The number of carbonyl (C=O) groups is 1. The molecule has 0 saturated carbocycles. The van der Waals surface area contributed by atoms with Crippen molar-refractivity contribution in [3.05, 3.63) is 46.1 Å². The fraction of sp³-hybridized carbons (Fsp3) is 0.474. The maximum Gasteiger partial charge on any atom is 0.228 e. The first-order valence-corrected chi connectivity index (χ1v) is 9.41. The molecule has 0 aliphatic carbocycles. The van der Waals surface area contributed by atoms with Crippen molar-refractivity contribution in [3.63, 3.8) is 0 Å². The molecule has 2 aromatic rings. The van der Waals surface area contributed by atoms with Crippen LogP contribution in [-0.2, 0) is 29.2 Å². The van der Waals surface area contributed by atoms with Gasteiger partial charge in [-0.15, -0.1) is 0 Å². The van der Waals surface area contributed by atoms with E-state index < -0.39 is 0 Å². The largest absolute Gasteiger partial charge is 0.378 e. The Bertz CT molecular complexity index is 861. The standard InChI is InChI=1S/C19H22ClN5O2/c1-12-14-8-25(9-15(14)23-16(10-27-2)18(12)20)19(26)13-4-6-24(7-13)17-3-5-21-11-22-17/h3,5,11,13H,4,6-10H2,1-2H3. The minimum Gasteiger partial charge on any atom is -0.378 e. The molecule has 2 aliphatic heterocycles. The van der Waals surface area contributed by atoms with E-state index in [1.54, 1.807) is 13.3 Å². The Morgan fingerprint density at radius 3 is 3.00 bits per heavy atom. The first kappa shape index (κ1) is 18.1. The number of anilines is 1. The summed E-state index contributed by atoms with van der Waals surface area (Å²) in [7, 11) is 1.62. The van der Waals surface area contributed by atoms with Gasteiger partial charge in [0, 0.05) is 32.9 Å². The van der Waals surface area contributed by atoms with Gasteiger partial charge >= 0.3 is 0 Å². The van der Waals surface area contributed by atoms with Gasteiger partial charge in [0.2, 0.25) is 5.91 Å². The smallest absolute Gasteiger partial charge is 0.228 e. The lowest BCUT2D eigenvalue weighted by Gasteiger charge is -2.21. The van der Waals surface area contributed by atoms with Gasteiger partial charge in [-0.2, -0.15) is 0 Å². The molecule has 1 unspecified atom stereocenters. The lowest BCUT2D eigenvalue weighted by atomic mass is 10.1. The number of amides is 1. The number of fused-ring (bicyclic) bond motifs is 1. The monoisotopic (exact) mass is 387 g/mol. The van der Waals surface area contributed by atoms with Crippen molar-refractivity contribution >= 4 is 23.3 Å². The number of rotatable bonds is 4. The van der Waals surface area contributed by atoms with Gasteiger partial charge in [0.15, 0.2) is 0 Å². The van der Waals surface area contributed by atoms with Crippen LogP contribution in [0.2, 0.25) is 5.02 Å². The van der Waals surface area contributed by atoms with Crippen LogP contribution in [0.25, 0.3) is 0 Å². The zero-order valence-electron chi connectivity index (χ0n) is 15.5. The molecule has 4 heterocycles. The summed E-state index contributed by atoms with van der Waals surface area (Å²) in [4.78, 5) is 30.0. The van der Waals surface area contributed by atoms with Crippen LogP contribution in [0, 0.1) is 12.8 Å². The average molecular weight is 388 g/mol. The van der Waals surface area contributed by atoms with Crippen molar-refractivity contribution in [3.8, 4) is 0 Å². The summed E-state index contributed by atoms with van der Waals surface area (Å²) < 4.78 is 5.19. The van der Waals surface area contributed by atoms with E-state index >= 15 is 0 Å². The Hall–Kier alpha value is -2.25. The van der Waals surface area contributed by atoms with Gasteiger partial charge in [-0.1, -0.05) is 11.6 Å². The highest BCUT2D eigenvalue weighted by atomic mass is 35.5. The van der Waals surface area contributed by atoms with Gasteiger partial charge in [0.1, 0.15) is 12.1 Å². The van der Waals surface area contributed by atoms with Gasteiger partial charge in [-0.3, -0.25) is 9.78 Å². The number of methoxy groups -OCH3 is 1. The molecular weight excluding hydrogens is 366 g/mol. The van der Waals surface area contributed by atoms with Crippen LogP contribution in [-0.4, -0.2) is 46.0 Å². The number of carbonyl (C=O) groups excluding carboxylic acids is 1. The topological polar surface area (TPSA) is 71.5 Å². The zero-order chi connectivity index (χ0) is 19.0. The molecule has 8 heteroatoms. The van der Waals surface area contributed by atoms with Crippen LogP contribution in [0.3, 0.4) is 0 Å². The van der Waals surface area contributed by atoms with Gasteiger partial charge < -0.3 is 14.5 Å². The molecule has 0 spiro atoms. The average Bonchev–Trinajstić information content (AvgIpc) is 3.34. The van der Waals surface area contributed by atoms with Crippen LogP contribution >= 0.6 is 11.6 Å². The van der Waals surface area contributed by atoms with Gasteiger partial charge in [0.05, 0.1) is 35.5 Å². The van der Waals surface area contributed by atoms with E-state index in [4.69, 9.17) is 16.3 Å². The van der Waals surface area contributed by atoms with E-state index in [2.05, 4.69) is 19.9 Å². The predicted molar refractivity (Wildman–Crippen MR) is 101 cm³/mol. The lowest BCUT2D eigenvalue weighted by molar-refractivity contribution is -0.135. The second-order valence-corrected chi connectivity index (χ2v) is 7.43. The van der Waals surface area contributed by atoms with Crippen molar-refractivity contribution in [1.29, 1.82) is 0 Å². The van der Waals surface area contributed by atoms with Gasteiger partial charge in [-0.05, 0) is 30.5 Å². The fourth-order valence-electron chi connectivity index (χ4n) is 3.90. The van der Waals surface area contributed by atoms with E-state index in [9.17, 15) is 4.79 Å². The van der Waals surface area contributed by atoms with Crippen molar-refractivity contribution in [2.75, 3.05) is 25.1 Å². The summed E-state index contributed by atoms with van der Waals surface area (Å²) in [5, 5.41) is 0.640.